The largest absolute Gasteiger partial charge is 0.468 e. The third kappa shape index (κ3) is 2.18. The Morgan fingerprint density at radius 2 is 2.19 bits per heavy atom. The lowest BCUT2D eigenvalue weighted by Gasteiger charge is -2.09. The third-order valence-corrected chi connectivity index (χ3v) is 2.39. The van der Waals surface area contributed by atoms with Crippen molar-refractivity contribution >= 4 is 29.3 Å². The summed E-state index contributed by atoms with van der Waals surface area (Å²) in [5.74, 6) is -0.426. The fraction of sp³-hybridized carbons (Fsp3) is 0.182. The number of ether oxygens (including phenoxy) is 1. The van der Waals surface area contributed by atoms with E-state index in [-0.39, 0.29) is 12.4 Å². The van der Waals surface area contributed by atoms with Crippen molar-refractivity contribution in [3.8, 4) is 0 Å². The van der Waals surface area contributed by atoms with Crippen LogP contribution in [0.4, 0.5) is 0 Å². The van der Waals surface area contributed by atoms with E-state index in [0.29, 0.717) is 0 Å². The highest BCUT2D eigenvalue weighted by atomic mass is 35.5. The number of nitrogens with two attached hydrogens (primary N) is 1. The minimum atomic E-state index is -0.714. The Labute approximate surface area is 99.2 Å². The first-order valence-corrected chi connectivity index (χ1v) is 4.63. The number of nitrogens with one attached hydrogen (secondary N) is 1. The number of aromatic amines is 1. The number of hydrogen-bond donors (Lipinski definition) is 2. The summed E-state index contributed by atoms with van der Waals surface area (Å²) in [7, 11) is 1.33. The molecule has 2 rings (SSSR count). The smallest absolute Gasteiger partial charge is 0.327 e. The standard InChI is InChI=1S/C11H12N2O2.ClH/c1-15-11(14)10(12)8-2-3-9-7(6-8)4-5-13-9;/h2-6,10,13H,12H2,1H3;1H/t10-;/m0./s1. The maximum absolute atomic E-state index is 11.2. The molecule has 5 heteroatoms. The molecule has 0 aliphatic rings. The number of aromatic nitrogens is 1. The maximum Gasteiger partial charge on any atom is 0.327 e. The van der Waals surface area contributed by atoms with Crippen LogP contribution in [0.3, 0.4) is 0 Å². The van der Waals surface area contributed by atoms with Gasteiger partial charge in [0, 0.05) is 11.7 Å². The Kier molecular flexibility index (Phi) is 3.93. The normalized spacial score (nSPS) is 11.9. The molecule has 0 saturated heterocycles. The van der Waals surface area contributed by atoms with Crippen molar-refractivity contribution in [2.45, 2.75) is 6.04 Å². The molecular formula is C11H13ClN2O2. The molecule has 0 radical (unpaired) electrons. The van der Waals surface area contributed by atoms with Gasteiger partial charge in [-0.15, -0.1) is 12.4 Å². The molecule has 16 heavy (non-hydrogen) atoms. The Balaban J connectivity index is 0.00000128. The molecule has 4 nitrogen and oxygen atoms in total. The van der Waals surface area contributed by atoms with Crippen molar-refractivity contribution in [3.63, 3.8) is 0 Å². The van der Waals surface area contributed by atoms with Gasteiger partial charge in [0.2, 0.25) is 0 Å². The number of H-pyrrole nitrogens is 1. The fourth-order valence-corrected chi connectivity index (χ4v) is 1.53. The molecule has 1 aromatic carbocycles. The van der Waals surface area contributed by atoms with Gasteiger partial charge in [0.25, 0.3) is 0 Å². The molecule has 0 amide bonds. The van der Waals surface area contributed by atoms with Crippen LogP contribution in [-0.2, 0) is 9.53 Å². The third-order valence-electron chi connectivity index (χ3n) is 2.39. The van der Waals surface area contributed by atoms with Crippen LogP contribution in [0.25, 0.3) is 10.9 Å². The van der Waals surface area contributed by atoms with Gasteiger partial charge in [-0.2, -0.15) is 0 Å². The van der Waals surface area contributed by atoms with Crippen LogP contribution in [0.2, 0.25) is 0 Å². The zero-order valence-corrected chi connectivity index (χ0v) is 9.58. The highest BCUT2D eigenvalue weighted by molar-refractivity contribution is 5.85. The summed E-state index contributed by atoms with van der Waals surface area (Å²) in [5, 5.41) is 1.03. The van der Waals surface area contributed by atoms with E-state index in [2.05, 4.69) is 9.72 Å². The number of carbonyl (C=O) groups excluding carboxylic acids is 1. The van der Waals surface area contributed by atoms with E-state index >= 15 is 0 Å². The molecule has 1 aromatic heterocycles. The molecule has 1 atom stereocenters. The lowest BCUT2D eigenvalue weighted by Crippen LogP contribution is -2.22. The summed E-state index contributed by atoms with van der Waals surface area (Å²) < 4.78 is 4.59. The van der Waals surface area contributed by atoms with Gasteiger partial charge in [-0.05, 0) is 29.1 Å². The zero-order valence-electron chi connectivity index (χ0n) is 8.77. The van der Waals surface area contributed by atoms with E-state index in [1.54, 1.807) is 0 Å². The maximum atomic E-state index is 11.2. The molecule has 2 aromatic rings. The summed E-state index contributed by atoms with van der Waals surface area (Å²) in [4.78, 5) is 14.3. The Morgan fingerprint density at radius 3 is 2.88 bits per heavy atom. The fourth-order valence-electron chi connectivity index (χ4n) is 1.53. The summed E-state index contributed by atoms with van der Waals surface area (Å²) >= 11 is 0. The predicted molar refractivity (Wildman–Crippen MR) is 64.5 cm³/mol. The van der Waals surface area contributed by atoms with E-state index in [9.17, 15) is 4.79 Å². The molecule has 1 heterocycles. The molecule has 0 spiro atoms. The van der Waals surface area contributed by atoms with Gasteiger partial charge < -0.3 is 15.5 Å². The van der Waals surface area contributed by atoms with Crippen molar-refractivity contribution in [1.82, 2.24) is 4.98 Å². The minimum absolute atomic E-state index is 0. The predicted octanol–water partition coefficient (Wildman–Crippen LogP) is 1.76. The molecule has 0 fully saturated rings. The van der Waals surface area contributed by atoms with E-state index in [0.717, 1.165) is 16.5 Å². The summed E-state index contributed by atoms with van der Waals surface area (Å²) in [5.41, 5.74) is 7.51. The monoisotopic (exact) mass is 240 g/mol. The average molecular weight is 241 g/mol. The number of esters is 1. The van der Waals surface area contributed by atoms with Crippen molar-refractivity contribution in [3.05, 3.63) is 36.0 Å². The van der Waals surface area contributed by atoms with Gasteiger partial charge in [0.05, 0.1) is 7.11 Å². The van der Waals surface area contributed by atoms with Crippen molar-refractivity contribution in [1.29, 1.82) is 0 Å². The second-order valence-electron chi connectivity index (χ2n) is 3.33. The zero-order chi connectivity index (χ0) is 10.8. The van der Waals surface area contributed by atoms with E-state index in [4.69, 9.17) is 5.73 Å². The van der Waals surface area contributed by atoms with E-state index in [1.165, 1.54) is 7.11 Å². The quantitative estimate of drug-likeness (QED) is 0.786. The number of carbonyl (C=O) groups is 1. The van der Waals surface area contributed by atoms with E-state index < -0.39 is 12.0 Å². The van der Waals surface area contributed by atoms with Crippen LogP contribution in [-0.4, -0.2) is 18.1 Å². The van der Waals surface area contributed by atoms with Crippen molar-refractivity contribution < 1.29 is 9.53 Å². The molecule has 0 aliphatic heterocycles. The van der Waals surface area contributed by atoms with Gasteiger partial charge in [-0.25, -0.2) is 0 Å². The van der Waals surface area contributed by atoms with Crippen LogP contribution in [0, 0.1) is 0 Å². The average Bonchev–Trinajstić information content (AvgIpc) is 2.73. The van der Waals surface area contributed by atoms with Gasteiger partial charge in [0.15, 0.2) is 0 Å². The molecule has 0 saturated carbocycles. The van der Waals surface area contributed by atoms with Gasteiger partial charge in [0.1, 0.15) is 6.04 Å². The van der Waals surface area contributed by atoms with E-state index in [1.807, 2.05) is 30.5 Å². The lowest BCUT2D eigenvalue weighted by atomic mass is 10.1. The highest BCUT2D eigenvalue weighted by Gasteiger charge is 2.16. The minimum Gasteiger partial charge on any atom is -0.468 e. The Hall–Kier alpha value is -1.52. The molecular weight excluding hydrogens is 228 g/mol. The van der Waals surface area contributed by atoms with Crippen LogP contribution in [0.1, 0.15) is 11.6 Å². The first-order chi connectivity index (χ1) is 7.22. The number of methoxy groups -OCH3 is 1. The number of benzene rings is 1. The topological polar surface area (TPSA) is 68.1 Å². The Morgan fingerprint density at radius 1 is 1.44 bits per heavy atom. The first-order valence-electron chi connectivity index (χ1n) is 4.63. The summed E-state index contributed by atoms with van der Waals surface area (Å²) in [6, 6.07) is 6.82. The molecule has 0 unspecified atom stereocenters. The molecule has 86 valence electrons. The number of halogens is 1. The van der Waals surface area contributed by atoms with Gasteiger partial charge in [-0.3, -0.25) is 4.79 Å². The second kappa shape index (κ2) is 5.01. The number of hydrogen-bond acceptors (Lipinski definition) is 3. The second-order valence-corrected chi connectivity index (χ2v) is 3.33. The van der Waals surface area contributed by atoms with Crippen molar-refractivity contribution in [2.24, 2.45) is 5.73 Å². The van der Waals surface area contributed by atoms with Crippen LogP contribution >= 0.6 is 12.4 Å². The lowest BCUT2D eigenvalue weighted by molar-refractivity contribution is -0.142. The van der Waals surface area contributed by atoms with Gasteiger partial charge in [-0.1, -0.05) is 6.07 Å². The van der Waals surface area contributed by atoms with Crippen LogP contribution in [0.15, 0.2) is 30.5 Å². The number of fused-ring (bicyclic) bond motifs is 1. The highest BCUT2D eigenvalue weighted by Crippen LogP contribution is 2.18. The molecule has 3 N–H and O–H groups in total. The van der Waals surface area contributed by atoms with Crippen LogP contribution < -0.4 is 5.73 Å². The number of rotatable bonds is 2. The SMILES string of the molecule is COC(=O)[C@@H](N)c1ccc2[nH]ccc2c1.Cl. The summed E-state index contributed by atoms with van der Waals surface area (Å²) in [6.07, 6.45) is 1.85. The summed E-state index contributed by atoms with van der Waals surface area (Å²) in [6.45, 7) is 0. The first kappa shape index (κ1) is 12.5. The Bertz CT molecular complexity index is 495. The molecule has 0 aliphatic carbocycles. The van der Waals surface area contributed by atoms with Crippen LogP contribution in [0.5, 0.6) is 0 Å². The van der Waals surface area contributed by atoms with Crippen molar-refractivity contribution in [2.75, 3.05) is 7.11 Å². The molecule has 0 bridgehead atoms. The van der Waals surface area contributed by atoms with Gasteiger partial charge >= 0.3 is 5.97 Å².